The molecule has 1 atom stereocenters. The maximum absolute atomic E-state index is 13.4. The van der Waals surface area contributed by atoms with Gasteiger partial charge in [0.05, 0.1) is 22.9 Å². The van der Waals surface area contributed by atoms with Gasteiger partial charge in [-0.05, 0) is 60.7 Å². The Hall–Kier alpha value is -2.90. The SMILES string of the molecule is CCCC[C@H](CC)CN1C(=O)/C(=C/c2cn(-c3ccccc3)nc2-c2ccc(OCC(C)C)cc2)SC1=S. The topological polar surface area (TPSA) is 47.4 Å². The lowest BCUT2D eigenvalue weighted by molar-refractivity contribution is -0.122. The van der Waals surface area contributed by atoms with Gasteiger partial charge in [0.2, 0.25) is 0 Å². The Morgan fingerprint density at radius 2 is 1.82 bits per heavy atom. The van der Waals surface area contributed by atoms with Crippen LogP contribution in [0.3, 0.4) is 0 Å². The molecule has 200 valence electrons. The lowest BCUT2D eigenvalue weighted by Crippen LogP contribution is -2.33. The average Bonchev–Trinajstić information content (AvgIpc) is 3.46. The first-order chi connectivity index (χ1) is 18.4. The van der Waals surface area contributed by atoms with Gasteiger partial charge in [0.25, 0.3) is 5.91 Å². The minimum atomic E-state index is -0.00853. The third-order valence-electron chi connectivity index (χ3n) is 6.62. The first kappa shape index (κ1) is 28.1. The highest BCUT2D eigenvalue weighted by molar-refractivity contribution is 8.26. The van der Waals surface area contributed by atoms with E-state index >= 15 is 0 Å². The van der Waals surface area contributed by atoms with Gasteiger partial charge in [0.1, 0.15) is 10.1 Å². The number of para-hydroxylation sites is 1. The molecule has 7 heteroatoms. The van der Waals surface area contributed by atoms with E-state index in [4.69, 9.17) is 22.1 Å². The Morgan fingerprint density at radius 1 is 1.08 bits per heavy atom. The molecule has 2 heterocycles. The lowest BCUT2D eigenvalue weighted by Gasteiger charge is -2.21. The van der Waals surface area contributed by atoms with E-state index in [0.717, 1.165) is 47.5 Å². The number of hydrogen-bond acceptors (Lipinski definition) is 5. The first-order valence-electron chi connectivity index (χ1n) is 13.5. The predicted octanol–water partition coefficient (Wildman–Crippen LogP) is 7.99. The molecule has 1 saturated heterocycles. The number of rotatable bonds is 12. The van der Waals surface area contributed by atoms with E-state index < -0.39 is 0 Å². The molecule has 1 amide bonds. The number of ether oxygens (including phenoxy) is 1. The molecule has 0 bridgehead atoms. The van der Waals surface area contributed by atoms with Crippen molar-refractivity contribution in [3.05, 3.63) is 71.3 Å². The van der Waals surface area contributed by atoms with Crippen molar-refractivity contribution in [1.29, 1.82) is 0 Å². The molecule has 5 nitrogen and oxygen atoms in total. The fourth-order valence-corrected chi connectivity index (χ4v) is 5.64. The Balaban J connectivity index is 1.64. The molecule has 0 N–H and O–H groups in total. The maximum Gasteiger partial charge on any atom is 0.266 e. The normalized spacial score (nSPS) is 15.6. The highest BCUT2D eigenvalue weighted by Gasteiger charge is 2.33. The van der Waals surface area contributed by atoms with Gasteiger partial charge >= 0.3 is 0 Å². The summed E-state index contributed by atoms with van der Waals surface area (Å²) >= 11 is 7.03. The van der Waals surface area contributed by atoms with Crippen molar-refractivity contribution in [2.75, 3.05) is 13.2 Å². The minimum Gasteiger partial charge on any atom is -0.493 e. The summed E-state index contributed by atoms with van der Waals surface area (Å²) in [6, 6.07) is 18.0. The molecule has 1 aliphatic heterocycles. The van der Waals surface area contributed by atoms with Crippen LogP contribution in [-0.2, 0) is 4.79 Å². The zero-order chi connectivity index (χ0) is 27.1. The van der Waals surface area contributed by atoms with E-state index in [1.54, 1.807) is 4.90 Å². The number of nitrogens with zero attached hydrogens (tertiary/aromatic N) is 3. The van der Waals surface area contributed by atoms with Gasteiger partial charge in [-0.2, -0.15) is 5.10 Å². The van der Waals surface area contributed by atoms with E-state index in [0.29, 0.717) is 34.2 Å². The van der Waals surface area contributed by atoms with Crippen molar-refractivity contribution in [1.82, 2.24) is 14.7 Å². The molecule has 0 spiro atoms. The number of unbranched alkanes of at least 4 members (excludes halogenated alkanes) is 1. The van der Waals surface area contributed by atoms with E-state index in [2.05, 4.69) is 27.7 Å². The van der Waals surface area contributed by atoms with Crippen LogP contribution in [-0.4, -0.2) is 38.1 Å². The Morgan fingerprint density at radius 3 is 2.47 bits per heavy atom. The van der Waals surface area contributed by atoms with Crippen molar-refractivity contribution in [3.63, 3.8) is 0 Å². The summed E-state index contributed by atoms with van der Waals surface area (Å²) in [4.78, 5) is 15.9. The summed E-state index contributed by atoms with van der Waals surface area (Å²) < 4.78 is 8.37. The molecule has 1 aliphatic rings. The number of thioether (sulfide) groups is 1. The van der Waals surface area contributed by atoms with Gasteiger partial charge in [0, 0.05) is 23.9 Å². The summed E-state index contributed by atoms with van der Waals surface area (Å²) in [5, 5.41) is 4.92. The van der Waals surface area contributed by atoms with Gasteiger partial charge in [0.15, 0.2) is 0 Å². The number of carbonyl (C=O) groups is 1. The molecule has 0 saturated carbocycles. The number of hydrogen-bond donors (Lipinski definition) is 0. The van der Waals surface area contributed by atoms with E-state index in [-0.39, 0.29) is 5.91 Å². The third-order valence-corrected chi connectivity index (χ3v) is 8.00. The van der Waals surface area contributed by atoms with Crippen LogP contribution < -0.4 is 4.74 Å². The van der Waals surface area contributed by atoms with Crippen LogP contribution in [0.15, 0.2) is 65.7 Å². The predicted molar refractivity (Wildman–Crippen MR) is 163 cm³/mol. The van der Waals surface area contributed by atoms with Crippen molar-refractivity contribution in [3.8, 4) is 22.7 Å². The van der Waals surface area contributed by atoms with Gasteiger partial charge < -0.3 is 4.74 Å². The molecule has 4 rings (SSSR count). The largest absolute Gasteiger partial charge is 0.493 e. The Labute approximate surface area is 236 Å². The molecule has 1 fully saturated rings. The van der Waals surface area contributed by atoms with Crippen LogP contribution in [0, 0.1) is 11.8 Å². The Bertz CT molecular complexity index is 1270. The second kappa shape index (κ2) is 13.3. The standard InChI is InChI=1S/C31H37N3O2S2/c1-5-7-11-23(6-2)19-33-30(35)28(38-31(33)37)18-25-20-34(26-12-9-8-10-13-26)32-29(25)24-14-16-27(17-15-24)36-21-22(3)4/h8-10,12-18,20,22-23H,5-7,11,19,21H2,1-4H3/b28-18-/t23-/m0/s1. The smallest absolute Gasteiger partial charge is 0.266 e. The van der Waals surface area contributed by atoms with Crippen molar-refractivity contribution < 1.29 is 9.53 Å². The second-order valence-corrected chi connectivity index (χ2v) is 11.8. The zero-order valence-electron chi connectivity index (χ0n) is 22.7. The Kier molecular flexibility index (Phi) is 9.80. The number of benzene rings is 2. The fraction of sp³-hybridized carbons (Fsp3) is 0.387. The number of thiocarbonyl (C=S) groups is 1. The van der Waals surface area contributed by atoms with Crippen LogP contribution in [0.2, 0.25) is 0 Å². The third kappa shape index (κ3) is 6.94. The summed E-state index contributed by atoms with van der Waals surface area (Å²) in [6.45, 7) is 10.0. The van der Waals surface area contributed by atoms with Crippen LogP contribution in [0.5, 0.6) is 5.75 Å². The minimum absolute atomic E-state index is 0.00853. The highest BCUT2D eigenvalue weighted by atomic mass is 32.2. The van der Waals surface area contributed by atoms with Crippen molar-refractivity contribution in [2.24, 2.45) is 11.8 Å². The van der Waals surface area contributed by atoms with E-state index in [9.17, 15) is 4.79 Å². The van der Waals surface area contributed by atoms with Gasteiger partial charge in [-0.1, -0.05) is 89.1 Å². The van der Waals surface area contributed by atoms with Crippen LogP contribution >= 0.6 is 24.0 Å². The summed E-state index contributed by atoms with van der Waals surface area (Å²) in [6.07, 6.45) is 8.42. The fourth-order valence-electron chi connectivity index (χ4n) is 4.38. The zero-order valence-corrected chi connectivity index (χ0v) is 24.4. The summed E-state index contributed by atoms with van der Waals surface area (Å²) in [7, 11) is 0. The van der Waals surface area contributed by atoms with Gasteiger partial charge in [-0.15, -0.1) is 0 Å². The molecule has 3 aromatic rings. The van der Waals surface area contributed by atoms with Crippen LogP contribution in [0.25, 0.3) is 23.0 Å². The van der Waals surface area contributed by atoms with Gasteiger partial charge in [-0.3, -0.25) is 9.69 Å². The summed E-state index contributed by atoms with van der Waals surface area (Å²) in [5.74, 6) is 1.75. The van der Waals surface area contributed by atoms with E-state index in [1.807, 2.05) is 71.6 Å². The molecule has 0 unspecified atom stereocenters. The number of aromatic nitrogens is 2. The van der Waals surface area contributed by atoms with Gasteiger partial charge in [-0.25, -0.2) is 4.68 Å². The molecule has 1 aromatic heterocycles. The molecule has 0 radical (unpaired) electrons. The summed E-state index contributed by atoms with van der Waals surface area (Å²) in [5.41, 5.74) is 3.61. The quantitative estimate of drug-likeness (QED) is 0.170. The highest BCUT2D eigenvalue weighted by Crippen LogP contribution is 2.36. The second-order valence-electron chi connectivity index (χ2n) is 10.2. The van der Waals surface area contributed by atoms with Crippen molar-refractivity contribution >= 4 is 40.3 Å². The first-order valence-corrected chi connectivity index (χ1v) is 14.8. The molecule has 0 aliphatic carbocycles. The van der Waals surface area contributed by atoms with Crippen LogP contribution in [0.4, 0.5) is 0 Å². The number of carbonyl (C=O) groups excluding carboxylic acids is 1. The monoisotopic (exact) mass is 547 g/mol. The molecular formula is C31H37N3O2S2. The maximum atomic E-state index is 13.4. The molecule has 2 aromatic carbocycles. The van der Waals surface area contributed by atoms with Crippen LogP contribution in [0.1, 0.15) is 58.9 Å². The van der Waals surface area contributed by atoms with Crippen molar-refractivity contribution in [2.45, 2.75) is 53.4 Å². The average molecular weight is 548 g/mol. The molecular weight excluding hydrogens is 510 g/mol. The lowest BCUT2D eigenvalue weighted by atomic mass is 9.99. The van der Waals surface area contributed by atoms with E-state index in [1.165, 1.54) is 18.2 Å². The number of amides is 1. The molecule has 38 heavy (non-hydrogen) atoms.